The van der Waals surface area contributed by atoms with E-state index in [1.54, 1.807) is 12.3 Å². The van der Waals surface area contributed by atoms with Crippen LogP contribution in [-0.2, 0) is 13.1 Å². The number of nitrogens with one attached hydrogen (secondary N) is 1. The lowest BCUT2D eigenvalue weighted by Gasteiger charge is -2.32. The van der Waals surface area contributed by atoms with E-state index in [0.717, 1.165) is 37.4 Å². The van der Waals surface area contributed by atoms with E-state index < -0.39 is 5.95 Å². The van der Waals surface area contributed by atoms with Gasteiger partial charge in [0.15, 0.2) is 17.1 Å². The van der Waals surface area contributed by atoms with E-state index in [0.29, 0.717) is 55.8 Å². The number of ether oxygens (including phenoxy) is 2. The lowest BCUT2D eigenvalue weighted by atomic mass is 10.0. The number of pyridine rings is 2. The maximum Gasteiger partial charge on any atom is 0.270 e. The second kappa shape index (κ2) is 9.17. The lowest BCUT2D eigenvalue weighted by molar-refractivity contribution is 0.170. The van der Waals surface area contributed by atoms with Gasteiger partial charge in [0.25, 0.3) is 5.56 Å². The average Bonchev–Trinajstić information content (AvgIpc) is 2.82. The molecule has 10 heteroatoms. The molecule has 9 nitrogen and oxygen atoms in total. The molecule has 3 aromatic heterocycles. The monoisotopic (exact) mass is 440 g/mol. The minimum atomic E-state index is -0.613. The normalized spacial score (nSPS) is 17.0. The first-order chi connectivity index (χ1) is 15.7. The fourth-order valence-corrected chi connectivity index (χ4v) is 4.17. The van der Waals surface area contributed by atoms with Gasteiger partial charge in [-0.05, 0) is 38.1 Å². The van der Waals surface area contributed by atoms with Gasteiger partial charge in [-0.2, -0.15) is 9.37 Å². The van der Waals surface area contributed by atoms with Crippen molar-refractivity contribution >= 4 is 11.2 Å². The van der Waals surface area contributed by atoms with Crippen LogP contribution in [0.5, 0.6) is 11.5 Å². The summed E-state index contributed by atoms with van der Waals surface area (Å²) in [6.07, 6.45) is 5.00. The second-order valence-corrected chi connectivity index (χ2v) is 8.04. The third-order valence-corrected chi connectivity index (χ3v) is 5.94. The highest BCUT2D eigenvalue weighted by Gasteiger charge is 2.20. The summed E-state index contributed by atoms with van der Waals surface area (Å²) >= 11 is 0. The molecule has 0 radical (unpaired) electrons. The van der Waals surface area contributed by atoms with E-state index in [1.165, 1.54) is 16.8 Å². The molecule has 3 aromatic rings. The Kier molecular flexibility index (Phi) is 5.95. The van der Waals surface area contributed by atoms with Crippen molar-refractivity contribution in [3.8, 4) is 11.5 Å². The van der Waals surface area contributed by atoms with Crippen LogP contribution in [0.25, 0.3) is 11.2 Å². The lowest BCUT2D eigenvalue weighted by Crippen LogP contribution is -2.43. The molecule has 0 atom stereocenters. The number of fused-ring (bicyclic) bond motifs is 2. The third-order valence-electron chi connectivity index (χ3n) is 5.94. The van der Waals surface area contributed by atoms with Gasteiger partial charge >= 0.3 is 0 Å². The SMILES string of the molecule is O=c1cnc2ccc(F)nc2n1CCN1CCC(NCc2cc3c(cn2)OCCO3)CC1. The van der Waals surface area contributed by atoms with Crippen LogP contribution in [0.1, 0.15) is 18.5 Å². The molecule has 0 saturated carbocycles. The van der Waals surface area contributed by atoms with Crippen molar-refractivity contribution in [2.75, 3.05) is 32.8 Å². The van der Waals surface area contributed by atoms with Crippen LogP contribution in [0, 0.1) is 5.95 Å². The Hall–Kier alpha value is -3.11. The summed E-state index contributed by atoms with van der Waals surface area (Å²) in [4.78, 5) is 27.0. The summed E-state index contributed by atoms with van der Waals surface area (Å²) in [5, 5.41) is 3.58. The fourth-order valence-electron chi connectivity index (χ4n) is 4.17. The molecule has 0 aliphatic carbocycles. The van der Waals surface area contributed by atoms with Gasteiger partial charge in [0, 0.05) is 31.7 Å². The molecule has 2 aliphatic heterocycles. The molecule has 5 rings (SSSR count). The number of aromatic nitrogens is 4. The smallest absolute Gasteiger partial charge is 0.270 e. The molecule has 0 unspecified atom stereocenters. The molecular formula is C22H25FN6O3. The number of nitrogens with zero attached hydrogens (tertiary/aromatic N) is 5. The predicted molar refractivity (Wildman–Crippen MR) is 115 cm³/mol. The van der Waals surface area contributed by atoms with Gasteiger partial charge < -0.3 is 19.7 Å². The van der Waals surface area contributed by atoms with Crippen LogP contribution in [0.15, 0.2) is 35.4 Å². The Morgan fingerprint density at radius 3 is 2.72 bits per heavy atom. The van der Waals surface area contributed by atoms with Crippen molar-refractivity contribution < 1.29 is 13.9 Å². The van der Waals surface area contributed by atoms with Gasteiger partial charge in [0.1, 0.15) is 18.7 Å². The largest absolute Gasteiger partial charge is 0.486 e. The van der Waals surface area contributed by atoms with Gasteiger partial charge in [-0.15, -0.1) is 0 Å². The molecule has 1 N–H and O–H groups in total. The van der Waals surface area contributed by atoms with Crippen molar-refractivity contribution in [2.24, 2.45) is 0 Å². The molecule has 168 valence electrons. The Bertz CT molecular complexity index is 1160. The number of hydrogen-bond acceptors (Lipinski definition) is 8. The summed E-state index contributed by atoms with van der Waals surface area (Å²) in [5.41, 5.74) is 1.47. The van der Waals surface area contributed by atoms with Crippen LogP contribution < -0.4 is 20.3 Å². The highest BCUT2D eigenvalue weighted by molar-refractivity contribution is 5.69. The molecule has 0 amide bonds. The predicted octanol–water partition coefficient (Wildman–Crippen LogP) is 1.35. The van der Waals surface area contributed by atoms with Crippen LogP contribution in [0.3, 0.4) is 0 Å². The third kappa shape index (κ3) is 4.56. The van der Waals surface area contributed by atoms with Gasteiger partial charge in [0.05, 0.1) is 18.1 Å². The Labute approximate surface area is 184 Å². The van der Waals surface area contributed by atoms with Crippen molar-refractivity contribution in [1.29, 1.82) is 0 Å². The van der Waals surface area contributed by atoms with E-state index in [4.69, 9.17) is 9.47 Å². The number of rotatable bonds is 6. The first-order valence-electron chi connectivity index (χ1n) is 10.9. The standard InChI is InChI=1S/C22H25FN6O3/c23-20-2-1-17-22(27-20)29(21(30)14-26-17)8-7-28-5-3-15(4-6-28)24-12-16-11-18-19(13-25-16)32-10-9-31-18/h1-2,11,13-15,24H,3-10,12H2. The summed E-state index contributed by atoms with van der Waals surface area (Å²) in [7, 11) is 0. The van der Waals surface area contributed by atoms with Crippen molar-refractivity contribution in [1.82, 2.24) is 29.7 Å². The maximum absolute atomic E-state index is 13.6. The summed E-state index contributed by atoms with van der Waals surface area (Å²) < 4.78 is 26.2. The molecule has 2 aliphatic rings. The Morgan fingerprint density at radius 2 is 1.88 bits per heavy atom. The molecule has 0 spiro atoms. The zero-order valence-corrected chi connectivity index (χ0v) is 17.7. The van der Waals surface area contributed by atoms with Crippen LogP contribution >= 0.6 is 0 Å². The molecule has 0 bridgehead atoms. The van der Waals surface area contributed by atoms with Gasteiger partial charge in [0.2, 0.25) is 5.95 Å². The Morgan fingerprint density at radius 1 is 1.06 bits per heavy atom. The summed E-state index contributed by atoms with van der Waals surface area (Å²) in [6, 6.07) is 5.13. The van der Waals surface area contributed by atoms with Crippen LogP contribution in [-0.4, -0.2) is 63.3 Å². The van der Waals surface area contributed by atoms with E-state index in [2.05, 4.69) is 25.2 Å². The minimum Gasteiger partial charge on any atom is -0.486 e. The highest BCUT2D eigenvalue weighted by Crippen LogP contribution is 2.29. The summed E-state index contributed by atoms with van der Waals surface area (Å²) in [5.74, 6) is 0.844. The average molecular weight is 440 g/mol. The molecule has 5 heterocycles. The highest BCUT2D eigenvalue weighted by atomic mass is 19.1. The molecule has 0 aromatic carbocycles. The molecular weight excluding hydrogens is 415 g/mol. The molecule has 32 heavy (non-hydrogen) atoms. The first-order valence-corrected chi connectivity index (χ1v) is 10.9. The zero-order chi connectivity index (χ0) is 21.9. The van der Waals surface area contributed by atoms with Crippen LogP contribution in [0.4, 0.5) is 4.39 Å². The number of halogens is 1. The Balaban J connectivity index is 1.13. The summed E-state index contributed by atoms with van der Waals surface area (Å²) in [6.45, 7) is 4.80. The van der Waals surface area contributed by atoms with Crippen molar-refractivity contribution in [2.45, 2.75) is 32.0 Å². The molecule has 1 fully saturated rings. The van der Waals surface area contributed by atoms with Crippen molar-refractivity contribution in [3.63, 3.8) is 0 Å². The number of hydrogen-bond donors (Lipinski definition) is 1. The number of piperidine rings is 1. The van der Waals surface area contributed by atoms with Crippen LogP contribution in [0.2, 0.25) is 0 Å². The van der Waals surface area contributed by atoms with Gasteiger partial charge in [-0.25, -0.2) is 4.98 Å². The van der Waals surface area contributed by atoms with Gasteiger partial charge in [-0.1, -0.05) is 0 Å². The minimum absolute atomic E-state index is 0.265. The van der Waals surface area contributed by atoms with E-state index >= 15 is 0 Å². The van der Waals surface area contributed by atoms with E-state index in [-0.39, 0.29) is 5.56 Å². The maximum atomic E-state index is 13.6. The molecule has 1 saturated heterocycles. The van der Waals surface area contributed by atoms with Gasteiger partial charge in [-0.3, -0.25) is 14.3 Å². The van der Waals surface area contributed by atoms with E-state index in [1.807, 2.05) is 6.07 Å². The quantitative estimate of drug-likeness (QED) is 0.574. The fraction of sp³-hybridized carbons (Fsp3) is 0.455. The first kappa shape index (κ1) is 20.8. The second-order valence-electron chi connectivity index (χ2n) is 8.04. The van der Waals surface area contributed by atoms with Crippen molar-refractivity contribution in [3.05, 3.63) is 52.6 Å². The topological polar surface area (TPSA) is 94.4 Å². The zero-order valence-electron chi connectivity index (χ0n) is 17.7. The number of likely N-dealkylation sites (tertiary alicyclic amines) is 1. The van der Waals surface area contributed by atoms with E-state index in [9.17, 15) is 9.18 Å².